The largest absolute Gasteiger partial charge is 0.465 e. The Labute approximate surface area is 161 Å². The predicted octanol–water partition coefficient (Wildman–Crippen LogP) is 2.57. The zero-order chi connectivity index (χ0) is 19.2. The van der Waals surface area contributed by atoms with Gasteiger partial charge in [0.15, 0.2) is 0 Å². The third-order valence-corrected chi connectivity index (χ3v) is 6.34. The van der Waals surface area contributed by atoms with E-state index in [0.717, 1.165) is 51.4 Å². The lowest BCUT2D eigenvalue weighted by atomic mass is 9.92. The second-order valence-corrected chi connectivity index (χ2v) is 9.46. The molecule has 3 fully saturated rings. The molecule has 3 aliphatic heterocycles. The number of rotatable bonds is 3. The minimum Gasteiger partial charge on any atom is -0.465 e. The van der Waals surface area contributed by atoms with Crippen LogP contribution in [0.5, 0.6) is 0 Å². The Kier molecular flexibility index (Phi) is 4.93. The van der Waals surface area contributed by atoms with Crippen molar-refractivity contribution in [2.45, 2.75) is 51.6 Å². The SMILES string of the molecule is CC(C)(C)c1cc(CN2CC3CN(C(=O)O)CC3C2)n(C2CCOCC2)n1. The summed E-state index contributed by atoms with van der Waals surface area (Å²) in [4.78, 5) is 15.3. The number of aromatic nitrogens is 2. The van der Waals surface area contributed by atoms with Crippen molar-refractivity contribution in [1.82, 2.24) is 19.6 Å². The standard InChI is InChI=1S/C20H32N4O3/c1-20(2,3)18-8-17(24(21-18)16-4-6-27-7-5-16)13-22-9-14-11-23(19(25)26)12-15(14)10-22/h8,14-16H,4-7,9-13H2,1-3H3,(H,25,26). The fourth-order valence-corrected chi connectivity index (χ4v) is 4.77. The van der Waals surface area contributed by atoms with Gasteiger partial charge in [0.2, 0.25) is 0 Å². The average molecular weight is 377 g/mol. The number of nitrogens with zero attached hydrogens (tertiary/aromatic N) is 4. The molecule has 4 rings (SSSR count). The minimum atomic E-state index is -0.775. The summed E-state index contributed by atoms with van der Waals surface area (Å²) in [5, 5.41) is 14.2. The van der Waals surface area contributed by atoms with E-state index < -0.39 is 6.09 Å². The van der Waals surface area contributed by atoms with Crippen LogP contribution in [-0.2, 0) is 16.7 Å². The van der Waals surface area contributed by atoms with Crippen LogP contribution in [0.3, 0.4) is 0 Å². The number of hydrogen-bond donors (Lipinski definition) is 1. The maximum Gasteiger partial charge on any atom is 0.407 e. The highest BCUT2D eigenvalue weighted by Crippen LogP contribution is 2.33. The lowest BCUT2D eigenvalue weighted by Gasteiger charge is -2.26. The van der Waals surface area contributed by atoms with Gasteiger partial charge in [-0.05, 0) is 30.7 Å². The van der Waals surface area contributed by atoms with E-state index in [1.165, 1.54) is 5.69 Å². The van der Waals surface area contributed by atoms with Crippen molar-refractivity contribution in [1.29, 1.82) is 0 Å². The van der Waals surface area contributed by atoms with Gasteiger partial charge in [-0.15, -0.1) is 0 Å². The topological polar surface area (TPSA) is 70.8 Å². The van der Waals surface area contributed by atoms with Gasteiger partial charge in [0, 0.05) is 51.4 Å². The van der Waals surface area contributed by atoms with E-state index in [-0.39, 0.29) is 5.41 Å². The van der Waals surface area contributed by atoms with E-state index in [0.29, 0.717) is 31.0 Å². The molecular formula is C20H32N4O3. The van der Waals surface area contributed by atoms with Gasteiger partial charge in [-0.3, -0.25) is 9.58 Å². The van der Waals surface area contributed by atoms with Crippen molar-refractivity contribution < 1.29 is 14.6 Å². The fourth-order valence-electron chi connectivity index (χ4n) is 4.77. The van der Waals surface area contributed by atoms with E-state index in [4.69, 9.17) is 9.84 Å². The predicted molar refractivity (Wildman–Crippen MR) is 102 cm³/mol. The Balaban J connectivity index is 1.48. The summed E-state index contributed by atoms with van der Waals surface area (Å²) in [6, 6.07) is 2.71. The molecule has 2 unspecified atom stereocenters. The summed E-state index contributed by atoms with van der Waals surface area (Å²) in [6.45, 7) is 12.5. The molecule has 4 heterocycles. The summed E-state index contributed by atoms with van der Waals surface area (Å²) in [5.41, 5.74) is 2.48. The summed E-state index contributed by atoms with van der Waals surface area (Å²) < 4.78 is 7.81. The van der Waals surface area contributed by atoms with Gasteiger partial charge in [-0.1, -0.05) is 20.8 Å². The average Bonchev–Trinajstić information content (AvgIpc) is 3.28. The maximum absolute atomic E-state index is 11.2. The molecule has 7 nitrogen and oxygen atoms in total. The Morgan fingerprint density at radius 1 is 1.19 bits per heavy atom. The molecular weight excluding hydrogens is 344 g/mol. The van der Waals surface area contributed by atoms with Crippen LogP contribution in [0.4, 0.5) is 4.79 Å². The van der Waals surface area contributed by atoms with Gasteiger partial charge in [-0.2, -0.15) is 5.10 Å². The van der Waals surface area contributed by atoms with Crippen LogP contribution >= 0.6 is 0 Å². The van der Waals surface area contributed by atoms with Crippen molar-refractivity contribution in [3.8, 4) is 0 Å². The summed E-state index contributed by atoms with van der Waals surface area (Å²) in [5.74, 6) is 0.949. The van der Waals surface area contributed by atoms with Crippen molar-refractivity contribution in [3.63, 3.8) is 0 Å². The molecule has 27 heavy (non-hydrogen) atoms. The van der Waals surface area contributed by atoms with Crippen molar-refractivity contribution >= 4 is 6.09 Å². The van der Waals surface area contributed by atoms with Gasteiger partial charge in [0.05, 0.1) is 17.4 Å². The molecule has 7 heteroatoms. The third-order valence-electron chi connectivity index (χ3n) is 6.34. The van der Waals surface area contributed by atoms with Crippen LogP contribution < -0.4 is 0 Å². The molecule has 3 saturated heterocycles. The smallest absolute Gasteiger partial charge is 0.407 e. The van der Waals surface area contributed by atoms with Crippen LogP contribution in [0.1, 0.15) is 51.0 Å². The quantitative estimate of drug-likeness (QED) is 0.878. The van der Waals surface area contributed by atoms with Gasteiger partial charge < -0.3 is 14.7 Å². The molecule has 150 valence electrons. The van der Waals surface area contributed by atoms with E-state index in [1.54, 1.807) is 4.90 Å². The van der Waals surface area contributed by atoms with E-state index in [2.05, 4.69) is 36.4 Å². The summed E-state index contributed by atoms with van der Waals surface area (Å²) >= 11 is 0. The van der Waals surface area contributed by atoms with Crippen LogP contribution in [-0.4, -0.2) is 70.2 Å². The van der Waals surface area contributed by atoms with Crippen LogP contribution in [0.2, 0.25) is 0 Å². The number of amides is 1. The Morgan fingerprint density at radius 2 is 1.81 bits per heavy atom. The van der Waals surface area contributed by atoms with Gasteiger partial charge in [-0.25, -0.2) is 4.79 Å². The molecule has 1 amide bonds. The van der Waals surface area contributed by atoms with Crippen molar-refractivity contribution in [2.75, 3.05) is 39.4 Å². The highest BCUT2D eigenvalue weighted by atomic mass is 16.5. The molecule has 1 N–H and O–H groups in total. The maximum atomic E-state index is 11.2. The first-order valence-electron chi connectivity index (χ1n) is 10.2. The van der Waals surface area contributed by atoms with E-state index in [1.807, 2.05) is 0 Å². The molecule has 0 aliphatic carbocycles. The molecule has 3 aliphatic rings. The van der Waals surface area contributed by atoms with Crippen molar-refractivity contribution in [3.05, 3.63) is 17.5 Å². The highest BCUT2D eigenvalue weighted by Gasteiger charge is 2.42. The lowest BCUT2D eigenvalue weighted by molar-refractivity contribution is 0.0644. The second kappa shape index (κ2) is 7.09. The zero-order valence-electron chi connectivity index (χ0n) is 16.7. The minimum absolute atomic E-state index is 0.0364. The Bertz CT molecular complexity index is 676. The summed E-state index contributed by atoms with van der Waals surface area (Å²) in [6.07, 6.45) is 1.28. The molecule has 2 atom stereocenters. The first kappa shape index (κ1) is 18.7. The number of fused-ring (bicyclic) bond motifs is 1. The lowest BCUT2D eigenvalue weighted by Crippen LogP contribution is -2.32. The summed E-state index contributed by atoms with van der Waals surface area (Å²) in [7, 11) is 0. The molecule has 0 aromatic carbocycles. The third kappa shape index (κ3) is 3.85. The number of likely N-dealkylation sites (tertiary alicyclic amines) is 2. The number of carbonyl (C=O) groups is 1. The molecule has 0 spiro atoms. The fraction of sp³-hybridized carbons (Fsp3) is 0.800. The molecule has 0 radical (unpaired) electrons. The van der Waals surface area contributed by atoms with Crippen LogP contribution in [0, 0.1) is 11.8 Å². The van der Waals surface area contributed by atoms with E-state index >= 15 is 0 Å². The van der Waals surface area contributed by atoms with Gasteiger partial charge in [0.25, 0.3) is 0 Å². The van der Waals surface area contributed by atoms with Gasteiger partial charge >= 0.3 is 6.09 Å². The zero-order valence-corrected chi connectivity index (χ0v) is 16.7. The van der Waals surface area contributed by atoms with Crippen LogP contribution in [0.25, 0.3) is 0 Å². The number of ether oxygens (including phenoxy) is 1. The number of carboxylic acid groups (broad SMARTS) is 1. The van der Waals surface area contributed by atoms with E-state index in [9.17, 15) is 9.90 Å². The first-order chi connectivity index (χ1) is 12.8. The first-order valence-corrected chi connectivity index (χ1v) is 10.2. The van der Waals surface area contributed by atoms with Crippen LogP contribution in [0.15, 0.2) is 6.07 Å². The Hall–Kier alpha value is -1.60. The number of hydrogen-bond acceptors (Lipinski definition) is 4. The van der Waals surface area contributed by atoms with Crippen molar-refractivity contribution in [2.24, 2.45) is 11.8 Å². The highest BCUT2D eigenvalue weighted by molar-refractivity contribution is 5.65. The Morgan fingerprint density at radius 3 is 2.37 bits per heavy atom. The molecule has 1 aromatic heterocycles. The monoisotopic (exact) mass is 376 g/mol. The normalized spacial score (nSPS) is 27.3. The van der Waals surface area contributed by atoms with Gasteiger partial charge in [0.1, 0.15) is 0 Å². The second-order valence-electron chi connectivity index (χ2n) is 9.46. The molecule has 0 bridgehead atoms. The molecule has 0 saturated carbocycles. The molecule has 1 aromatic rings.